The maximum Gasteiger partial charge on any atom is 0.251 e. The van der Waals surface area contributed by atoms with Gasteiger partial charge >= 0.3 is 0 Å². The molecule has 0 fully saturated rings. The van der Waals surface area contributed by atoms with Crippen LogP contribution in [-0.2, 0) is 11.3 Å². The lowest BCUT2D eigenvalue weighted by molar-refractivity contribution is -0.122. The summed E-state index contributed by atoms with van der Waals surface area (Å²) in [5.41, 5.74) is 3.33. The number of ether oxygens (including phenoxy) is 1. The van der Waals surface area contributed by atoms with Crippen LogP contribution < -0.4 is 15.4 Å². The summed E-state index contributed by atoms with van der Waals surface area (Å²) in [6.07, 6.45) is 3.63. The smallest absolute Gasteiger partial charge is 0.251 e. The molecular formula is C29H35N3O3. The second kappa shape index (κ2) is 12.2. The summed E-state index contributed by atoms with van der Waals surface area (Å²) in [5.74, 6) is 1.93. The number of hydrogen-bond acceptors (Lipinski definition) is 4. The van der Waals surface area contributed by atoms with Gasteiger partial charge in [0.2, 0.25) is 5.91 Å². The summed E-state index contributed by atoms with van der Waals surface area (Å²) in [7, 11) is 1.63. The molecule has 184 valence electrons. The Labute approximate surface area is 208 Å². The van der Waals surface area contributed by atoms with Crippen LogP contribution in [-0.4, -0.2) is 25.5 Å². The van der Waals surface area contributed by atoms with E-state index in [4.69, 9.17) is 10.00 Å². The zero-order chi connectivity index (χ0) is 25.4. The van der Waals surface area contributed by atoms with Crippen molar-refractivity contribution in [2.24, 2.45) is 23.7 Å². The summed E-state index contributed by atoms with van der Waals surface area (Å²) in [4.78, 5) is 25.3. The zero-order valence-electron chi connectivity index (χ0n) is 21.0. The Morgan fingerprint density at radius 1 is 1.09 bits per heavy atom. The topological polar surface area (TPSA) is 91.2 Å². The third kappa shape index (κ3) is 7.19. The van der Waals surface area contributed by atoms with Gasteiger partial charge in [0.05, 0.1) is 18.7 Å². The Morgan fingerprint density at radius 2 is 1.77 bits per heavy atom. The van der Waals surface area contributed by atoms with Gasteiger partial charge in [-0.3, -0.25) is 9.59 Å². The van der Waals surface area contributed by atoms with Gasteiger partial charge in [0, 0.05) is 25.1 Å². The van der Waals surface area contributed by atoms with Gasteiger partial charge in [-0.15, -0.1) is 0 Å². The molecule has 0 saturated heterocycles. The van der Waals surface area contributed by atoms with Crippen LogP contribution in [0, 0.1) is 35.0 Å². The number of carbonyl (C=O) groups excluding carboxylic acids is 2. The standard InChI is InChI=1S/C29H35N3O3/c1-19(2)27-14-24(15-28(33)31-17-22-7-11-26(35-4)12-8-22)20(3)13-25(27)18-32-29(34)23-9-5-21(16-30)6-10-23/h5-13,19,24-25,27H,14-15,17-18H2,1-4H3,(H,31,33)(H,32,34). The molecule has 3 atom stereocenters. The van der Waals surface area contributed by atoms with E-state index >= 15 is 0 Å². The van der Waals surface area contributed by atoms with Crippen LogP contribution in [0.15, 0.2) is 60.2 Å². The van der Waals surface area contributed by atoms with E-state index in [0.29, 0.717) is 42.5 Å². The van der Waals surface area contributed by atoms with Crippen molar-refractivity contribution in [1.29, 1.82) is 5.26 Å². The van der Waals surface area contributed by atoms with Gasteiger partial charge in [0.15, 0.2) is 0 Å². The molecule has 0 spiro atoms. The molecule has 3 rings (SSSR count). The quantitative estimate of drug-likeness (QED) is 0.509. The zero-order valence-corrected chi connectivity index (χ0v) is 21.0. The highest BCUT2D eigenvalue weighted by molar-refractivity contribution is 5.94. The van der Waals surface area contributed by atoms with Crippen molar-refractivity contribution < 1.29 is 14.3 Å². The predicted octanol–water partition coefficient (Wildman–Crippen LogP) is 4.86. The summed E-state index contributed by atoms with van der Waals surface area (Å²) in [6.45, 7) is 7.55. The van der Waals surface area contributed by atoms with Gasteiger partial charge in [0.1, 0.15) is 5.75 Å². The predicted molar refractivity (Wildman–Crippen MR) is 137 cm³/mol. The van der Waals surface area contributed by atoms with Crippen molar-refractivity contribution in [2.75, 3.05) is 13.7 Å². The second-order valence-electron chi connectivity index (χ2n) is 9.64. The molecule has 2 aromatic carbocycles. The first-order valence-corrected chi connectivity index (χ1v) is 12.2. The molecule has 1 aliphatic rings. The molecule has 2 amide bonds. The highest BCUT2D eigenvalue weighted by atomic mass is 16.5. The number of nitrogens with one attached hydrogen (secondary N) is 2. The fourth-order valence-electron chi connectivity index (χ4n) is 4.76. The van der Waals surface area contributed by atoms with Gasteiger partial charge in [-0.05, 0) is 79.0 Å². The first kappa shape index (κ1) is 26.0. The second-order valence-corrected chi connectivity index (χ2v) is 9.64. The van der Waals surface area contributed by atoms with E-state index in [1.807, 2.05) is 24.3 Å². The third-order valence-corrected chi connectivity index (χ3v) is 6.94. The molecule has 2 aromatic rings. The minimum Gasteiger partial charge on any atom is -0.497 e. The molecular weight excluding hydrogens is 438 g/mol. The maximum atomic E-state index is 12.7. The molecule has 2 N–H and O–H groups in total. The van der Waals surface area contributed by atoms with E-state index < -0.39 is 0 Å². The van der Waals surface area contributed by atoms with Crippen molar-refractivity contribution in [3.63, 3.8) is 0 Å². The molecule has 0 heterocycles. The Bertz CT molecular complexity index is 1080. The highest BCUT2D eigenvalue weighted by Crippen LogP contribution is 2.38. The van der Waals surface area contributed by atoms with E-state index in [0.717, 1.165) is 17.7 Å². The monoisotopic (exact) mass is 473 g/mol. The Balaban J connectivity index is 1.56. The van der Waals surface area contributed by atoms with Crippen molar-refractivity contribution in [2.45, 2.75) is 40.2 Å². The lowest BCUT2D eigenvalue weighted by atomic mass is 9.69. The molecule has 0 radical (unpaired) electrons. The van der Waals surface area contributed by atoms with Gasteiger partial charge in [-0.1, -0.05) is 37.6 Å². The molecule has 1 aliphatic carbocycles. The van der Waals surface area contributed by atoms with Crippen LogP contribution in [0.2, 0.25) is 0 Å². The number of nitrogens with zero attached hydrogens (tertiary/aromatic N) is 1. The SMILES string of the molecule is COc1ccc(CNC(=O)CC2CC(C(C)C)C(CNC(=O)c3ccc(C#N)cc3)C=C2C)cc1. The average Bonchev–Trinajstić information content (AvgIpc) is 2.87. The fraction of sp³-hybridized carbons (Fsp3) is 0.414. The van der Waals surface area contributed by atoms with Gasteiger partial charge < -0.3 is 15.4 Å². The molecule has 35 heavy (non-hydrogen) atoms. The molecule has 6 nitrogen and oxygen atoms in total. The number of hydrogen-bond donors (Lipinski definition) is 2. The summed E-state index contributed by atoms with van der Waals surface area (Å²) >= 11 is 0. The number of nitriles is 1. The maximum absolute atomic E-state index is 12.7. The lowest BCUT2D eigenvalue weighted by Gasteiger charge is -2.37. The normalized spacial score (nSPS) is 19.4. The van der Waals surface area contributed by atoms with Crippen molar-refractivity contribution in [3.8, 4) is 11.8 Å². The number of allylic oxidation sites excluding steroid dienone is 1. The average molecular weight is 474 g/mol. The van der Waals surface area contributed by atoms with Gasteiger partial charge in [-0.2, -0.15) is 5.26 Å². The van der Waals surface area contributed by atoms with Crippen LogP contribution in [0.1, 0.15) is 55.1 Å². The van der Waals surface area contributed by atoms with E-state index in [9.17, 15) is 9.59 Å². The van der Waals surface area contributed by atoms with Crippen LogP contribution in [0.5, 0.6) is 5.75 Å². The van der Waals surface area contributed by atoms with Crippen LogP contribution in [0.25, 0.3) is 0 Å². The van der Waals surface area contributed by atoms with Crippen LogP contribution in [0.4, 0.5) is 0 Å². The van der Waals surface area contributed by atoms with Gasteiger partial charge in [0.25, 0.3) is 5.91 Å². The van der Waals surface area contributed by atoms with Crippen molar-refractivity contribution in [3.05, 3.63) is 76.9 Å². The molecule has 3 unspecified atom stereocenters. The first-order chi connectivity index (χ1) is 16.8. The molecule has 0 aromatic heterocycles. The minimum absolute atomic E-state index is 0.0497. The van der Waals surface area contributed by atoms with E-state index in [1.165, 1.54) is 5.57 Å². The number of rotatable bonds is 9. The van der Waals surface area contributed by atoms with E-state index in [1.54, 1.807) is 31.4 Å². The Morgan fingerprint density at radius 3 is 2.37 bits per heavy atom. The molecule has 6 heteroatoms. The van der Waals surface area contributed by atoms with E-state index in [-0.39, 0.29) is 23.7 Å². The minimum atomic E-state index is -0.136. The largest absolute Gasteiger partial charge is 0.497 e. The molecule has 0 bridgehead atoms. The Kier molecular flexibility index (Phi) is 9.08. The number of carbonyl (C=O) groups is 2. The molecule has 0 aliphatic heterocycles. The van der Waals surface area contributed by atoms with Crippen molar-refractivity contribution >= 4 is 11.8 Å². The summed E-state index contributed by atoms with van der Waals surface area (Å²) < 4.78 is 5.18. The van der Waals surface area contributed by atoms with Crippen molar-refractivity contribution in [1.82, 2.24) is 10.6 Å². The number of methoxy groups -OCH3 is 1. The third-order valence-electron chi connectivity index (χ3n) is 6.94. The number of benzene rings is 2. The Hall–Kier alpha value is -3.59. The molecule has 0 saturated carbocycles. The lowest BCUT2D eigenvalue weighted by Crippen LogP contribution is -2.37. The number of amides is 2. The van der Waals surface area contributed by atoms with Crippen LogP contribution >= 0.6 is 0 Å². The fourth-order valence-corrected chi connectivity index (χ4v) is 4.76. The summed E-state index contributed by atoms with van der Waals surface area (Å²) in [6, 6.07) is 16.4. The first-order valence-electron chi connectivity index (χ1n) is 12.2. The van der Waals surface area contributed by atoms with Gasteiger partial charge in [-0.25, -0.2) is 0 Å². The highest BCUT2D eigenvalue weighted by Gasteiger charge is 2.32. The summed E-state index contributed by atoms with van der Waals surface area (Å²) in [5, 5.41) is 15.0. The van der Waals surface area contributed by atoms with E-state index in [2.05, 4.69) is 43.6 Å². The van der Waals surface area contributed by atoms with Crippen LogP contribution in [0.3, 0.4) is 0 Å².